The lowest BCUT2D eigenvalue weighted by atomic mass is 10.1. The quantitative estimate of drug-likeness (QED) is 0.196. The fraction of sp³-hybridized carbons (Fsp3) is 0.529. The van der Waals surface area contributed by atoms with Crippen LogP contribution >= 0.6 is 0 Å². The molecule has 0 spiro atoms. The normalized spacial score (nSPS) is 14.6. The highest BCUT2D eigenvalue weighted by molar-refractivity contribution is 7.87. The highest BCUT2D eigenvalue weighted by Gasteiger charge is 2.48. The largest absolute Gasteiger partial charge is 0.534 e. The number of hydrogen-bond donors (Lipinski definition) is 0. The number of alkyl halides is 3. The lowest BCUT2D eigenvalue weighted by molar-refractivity contribution is -0.0515. The Morgan fingerprint density at radius 1 is 1.16 bits per heavy atom. The molecule has 0 aliphatic carbocycles. The fourth-order valence-corrected chi connectivity index (χ4v) is 5.93. The van der Waals surface area contributed by atoms with E-state index in [0.29, 0.717) is 6.26 Å². The molecule has 0 N–H and O–H groups in total. The maximum atomic E-state index is 12.4. The summed E-state index contributed by atoms with van der Waals surface area (Å²) in [5.74, 6) is 0. The molecule has 3 nitrogen and oxygen atoms in total. The van der Waals surface area contributed by atoms with Crippen molar-refractivity contribution >= 4 is 23.4 Å². The Labute approximate surface area is 149 Å². The lowest BCUT2D eigenvalue weighted by Gasteiger charge is -2.31. The second-order valence-electron chi connectivity index (χ2n) is 6.51. The topological polar surface area (TPSA) is 43.4 Å². The first-order chi connectivity index (χ1) is 11.5. The summed E-state index contributed by atoms with van der Waals surface area (Å²) in [6, 6.07) is 9.80. The first-order valence-corrected chi connectivity index (χ1v) is 12.7. The first-order valence-electron chi connectivity index (χ1n) is 8.24. The molecule has 25 heavy (non-hydrogen) atoms. The number of hydrogen-bond acceptors (Lipinski definition) is 3. The van der Waals surface area contributed by atoms with Crippen LogP contribution in [-0.2, 0) is 14.3 Å². The molecule has 0 amide bonds. The third kappa shape index (κ3) is 6.18. The molecule has 0 aliphatic heterocycles. The molecule has 0 unspecified atom stereocenters. The number of rotatable bonds is 9. The van der Waals surface area contributed by atoms with Gasteiger partial charge in [0.1, 0.15) is 6.26 Å². The molecule has 0 saturated carbocycles. The number of benzene rings is 1. The third-order valence-electron chi connectivity index (χ3n) is 4.34. The summed E-state index contributed by atoms with van der Waals surface area (Å²) in [7, 11) is -7.64. The first kappa shape index (κ1) is 21.8. The van der Waals surface area contributed by atoms with Crippen LogP contribution in [0, 0.1) is 0 Å². The third-order valence-corrected chi connectivity index (χ3v) is 9.43. The zero-order chi connectivity index (χ0) is 19.1. The Morgan fingerprint density at radius 2 is 1.76 bits per heavy atom. The molecule has 1 rings (SSSR count). The molecular weight excluding hydrogens is 369 g/mol. The van der Waals surface area contributed by atoms with Crippen molar-refractivity contribution in [3.8, 4) is 0 Å². The molecule has 0 fully saturated rings. The molecule has 1 aromatic rings. The molecular formula is C17H25F3O3SSi. The van der Waals surface area contributed by atoms with Gasteiger partial charge in [-0.3, -0.25) is 0 Å². The summed E-state index contributed by atoms with van der Waals surface area (Å²) >= 11 is 0. The van der Waals surface area contributed by atoms with Gasteiger partial charge in [0, 0.05) is 0 Å². The monoisotopic (exact) mass is 394 g/mol. The van der Waals surface area contributed by atoms with E-state index in [-0.39, 0.29) is 5.54 Å². The molecule has 142 valence electrons. The zero-order valence-corrected chi connectivity index (χ0v) is 16.5. The van der Waals surface area contributed by atoms with E-state index in [9.17, 15) is 21.6 Å². The van der Waals surface area contributed by atoms with Gasteiger partial charge in [0.05, 0.1) is 8.07 Å². The van der Waals surface area contributed by atoms with E-state index in [1.807, 2.05) is 30.3 Å². The SMILES string of the molecule is CCCCC[C@H](/C=C/OS(=O)(=O)C(F)(F)F)[Si](C)(C)c1ccccc1. The highest BCUT2D eigenvalue weighted by atomic mass is 32.2. The second kappa shape index (κ2) is 8.89. The maximum absolute atomic E-state index is 12.4. The molecule has 0 heterocycles. The van der Waals surface area contributed by atoms with E-state index >= 15 is 0 Å². The molecule has 1 atom stereocenters. The van der Waals surface area contributed by atoms with Crippen molar-refractivity contribution in [1.29, 1.82) is 0 Å². The second-order valence-corrected chi connectivity index (χ2v) is 12.8. The predicted molar refractivity (Wildman–Crippen MR) is 96.6 cm³/mol. The van der Waals surface area contributed by atoms with E-state index in [1.165, 1.54) is 11.3 Å². The lowest BCUT2D eigenvalue weighted by Crippen LogP contribution is -2.45. The maximum Gasteiger partial charge on any atom is 0.534 e. The van der Waals surface area contributed by atoms with Gasteiger partial charge in [-0.15, -0.1) is 0 Å². The van der Waals surface area contributed by atoms with Gasteiger partial charge in [-0.1, -0.05) is 74.8 Å². The summed E-state index contributed by atoms with van der Waals surface area (Å²) in [5, 5.41) is 1.17. The molecule has 8 heteroatoms. The van der Waals surface area contributed by atoms with Crippen LogP contribution in [0.5, 0.6) is 0 Å². The van der Waals surface area contributed by atoms with Crippen LogP contribution in [0.15, 0.2) is 42.7 Å². The molecule has 0 saturated heterocycles. The van der Waals surface area contributed by atoms with Gasteiger partial charge < -0.3 is 4.18 Å². The summed E-state index contributed by atoms with van der Waals surface area (Å²) < 4.78 is 63.2. The van der Waals surface area contributed by atoms with Crippen LogP contribution in [0.4, 0.5) is 13.2 Å². The van der Waals surface area contributed by atoms with E-state index in [1.54, 1.807) is 0 Å². The van der Waals surface area contributed by atoms with E-state index in [0.717, 1.165) is 25.7 Å². The van der Waals surface area contributed by atoms with Crippen LogP contribution in [0.2, 0.25) is 18.6 Å². The average molecular weight is 395 g/mol. The van der Waals surface area contributed by atoms with Gasteiger partial charge >= 0.3 is 15.6 Å². The van der Waals surface area contributed by atoms with Crippen molar-refractivity contribution < 1.29 is 25.8 Å². The van der Waals surface area contributed by atoms with Crippen LogP contribution in [0.3, 0.4) is 0 Å². The van der Waals surface area contributed by atoms with Crippen LogP contribution < -0.4 is 5.19 Å². The van der Waals surface area contributed by atoms with Gasteiger partial charge in [-0.05, 0) is 18.0 Å². The van der Waals surface area contributed by atoms with Crippen molar-refractivity contribution in [2.24, 2.45) is 0 Å². The predicted octanol–water partition coefficient (Wildman–Crippen LogP) is 4.93. The van der Waals surface area contributed by atoms with Gasteiger partial charge in [0.15, 0.2) is 0 Å². The van der Waals surface area contributed by atoms with Crippen LogP contribution in [0.1, 0.15) is 32.6 Å². The van der Waals surface area contributed by atoms with Crippen molar-refractivity contribution in [2.45, 2.75) is 56.8 Å². The Hall–Kier alpha value is -1.28. The molecule has 0 aromatic heterocycles. The Morgan fingerprint density at radius 3 is 2.28 bits per heavy atom. The molecule has 1 aromatic carbocycles. The fourth-order valence-electron chi connectivity index (χ4n) is 2.65. The van der Waals surface area contributed by atoms with Crippen molar-refractivity contribution in [3.63, 3.8) is 0 Å². The minimum Gasteiger partial charge on any atom is -0.384 e. The summed E-state index contributed by atoms with van der Waals surface area (Å²) in [6.45, 7) is 6.33. The van der Waals surface area contributed by atoms with Gasteiger partial charge in [0.2, 0.25) is 0 Å². The minimum atomic E-state index is -5.60. The standard InChI is InChI=1S/C17H25F3O3SSi/c1-4-5-7-10-16(13-14-23-24(21,22)17(18,19)20)25(2,3)15-11-8-6-9-12-15/h6,8-9,11-14,16H,4-5,7,10H2,1-3H3/b14-13+/t16-/m1/s1. The van der Waals surface area contributed by atoms with E-state index in [4.69, 9.17) is 0 Å². The molecule has 0 bridgehead atoms. The number of unbranched alkanes of at least 4 members (excludes halogenated alkanes) is 2. The summed E-state index contributed by atoms with van der Waals surface area (Å²) in [4.78, 5) is 0. The average Bonchev–Trinajstić information content (AvgIpc) is 2.53. The van der Waals surface area contributed by atoms with Gasteiger partial charge in [-0.25, -0.2) is 0 Å². The Kier molecular flexibility index (Phi) is 7.74. The van der Waals surface area contributed by atoms with Gasteiger partial charge in [0.25, 0.3) is 0 Å². The minimum absolute atomic E-state index is 0.0233. The number of halogens is 3. The smallest absolute Gasteiger partial charge is 0.384 e. The summed E-state index contributed by atoms with van der Waals surface area (Å²) in [5.41, 5.74) is -5.44. The Bertz CT molecular complexity index is 655. The van der Waals surface area contributed by atoms with Gasteiger partial charge in [-0.2, -0.15) is 21.6 Å². The van der Waals surface area contributed by atoms with Crippen LogP contribution in [0.25, 0.3) is 0 Å². The number of allylic oxidation sites excluding steroid dienone is 1. The van der Waals surface area contributed by atoms with Crippen molar-refractivity contribution in [3.05, 3.63) is 42.7 Å². The molecule has 0 aliphatic rings. The molecule has 0 radical (unpaired) electrons. The summed E-state index contributed by atoms with van der Waals surface area (Å²) in [6.07, 6.45) is 5.94. The Balaban J connectivity index is 2.99. The van der Waals surface area contributed by atoms with Crippen molar-refractivity contribution in [2.75, 3.05) is 0 Å². The van der Waals surface area contributed by atoms with E-state index < -0.39 is 23.7 Å². The van der Waals surface area contributed by atoms with Crippen LogP contribution in [-0.4, -0.2) is 22.0 Å². The van der Waals surface area contributed by atoms with Crippen molar-refractivity contribution in [1.82, 2.24) is 0 Å². The highest BCUT2D eigenvalue weighted by Crippen LogP contribution is 2.30. The zero-order valence-electron chi connectivity index (χ0n) is 14.7. The van der Waals surface area contributed by atoms with E-state index in [2.05, 4.69) is 24.2 Å².